The maximum atomic E-state index is 12.4. The van der Waals surface area contributed by atoms with Gasteiger partial charge in [0.05, 0.1) is 18.2 Å². The van der Waals surface area contributed by atoms with Gasteiger partial charge in [-0.05, 0) is 55.8 Å². The number of amides is 1. The minimum atomic E-state index is -3.60. The fraction of sp³-hybridized carbons (Fsp3) is 0.368. The van der Waals surface area contributed by atoms with E-state index < -0.39 is 36.2 Å². The number of aromatic hydroxyl groups is 3. The van der Waals surface area contributed by atoms with Gasteiger partial charge in [-0.3, -0.25) is 14.2 Å². The van der Waals surface area contributed by atoms with Crippen LogP contribution in [0.3, 0.4) is 0 Å². The van der Waals surface area contributed by atoms with Gasteiger partial charge in [-0.25, -0.2) is 0 Å². The fourth-order valence-electron chi connectivity index (χ4n) is 2.86. The van der Waals surface area contributed by atoms with Crippen LogP contribution in [0, 0.1) is 6.92 Å². The molecule has 0 bridgehead atoms. The highest BCUT2D eigenvalue weighted by atomic mass is 31.2. The minimum absolute atomic E-state index is 0.0127. The van der Waals surface area contributed by atoms with Gasteiger partial charge in [-0.15, -0.1) is 0 Å². The third kappa shape index (κ3) is 5.47. The van der Waals surface area contributed by atoms with Crippen LogP contribution in [0.15, 0.2) is 23.0 Å². The Bertz CT molecular complexity index is 1040. The zero-order valence-electron chi connectivity index (χ0n) is 16.1. The van der Waals surface area contributed by atoms with Gasteiger partial charge in [0.2, 0.25) is 5.43 Å². The van der Waals surface area contributed by atoms with Gasteiger partial charge >= 0.3 is 7.60 Å². The molecule has 2 aromatic carbocycles. The van der Waals surface area contributed by atoms with Crippen molar-refractivity contribution >= 4 is 24.3 Å². The number of hydrogen-bond donors (Lipinski definition) is 5. The summed E-state index contributed by atoms with van der Waals surface area (Å²) in [6.07, 6.45) is 0.765. The number of nitrogens with one attached hydrogen (secondary N) is 1. The molecule has 0 saturated carbocycles. The van der Waals surface area contributed by atoms with Crippen molar-refractivity contribution in [3.8, 4) is 17.2 Å². The van der Waals surface area contributed by atoms with Crippen molar-refractivity contribution in [1.29, 1.82) is 0 Å². The number of hydrogen-bond acceptors (Lipinski definition) is 7. The Morgan fingerprint density at radius 2 is 1.83 bits per heavy atom. The van der Waals surface area contributed by atoms with Crippen molar-refractivity contribution in [2.24, 2.45) is 0 Å². The van der Waals surface area contributed by atoms with Crippen LogP contribution in [0.25, 0.3) is 10.8 Å². The van der Waals surface area contributed by atoms with Crippen molar-refractivity contribution in [3.63, 3.8) is 0 Å². The summed E-state index contributed by atoms with van der Waals surface area (Å²) in [5.74, 6) is -2.45. The van der Waals surface area contributed by atoms with Crippen LogP contribution in [0.4, 0.5) is 0 Å². The quantitative estimate of drug-likeness (QED) is 0.245. The minimum Gasteiger partial charge on any atom is -0.504 e. The molecule has 0 fully saturated rings. The van der Waals surface area contributed by atoms with E-state index in [9.17, 15) is 34.4 Å². The molecule has 0 aliphatic rings. The van der Waals surface area contributed by atoms with Gasteiger partial charge in [-0.1, -0.05) is 0 Å². The van der Waals surface area contributed by atoms with E-state index in [-0.39, 0.29) is 35.6 Å². The Morgan fingerprint density at radius 1 is 1.14 bits per heavy atom. The number of aryl methyl sites for hydroxylation is 1. The molecule has 0 saturated heterocycles. The molecule has 29 heavy (non-hydrogen) atoms. The molecule has 2 rings (SSSR count). The smallest absolute Gasteiger partial charge is 0.328 e. The molecule has 0 heterocycles. The molecule has 0 radical (unpaired) electrons. The van der Waals surface area contributed by atoms with E-state index in [4.69, 9.17) is 4.52 Å². The molecular weight excluding hydrogens is 401 g/mol. The van der Waals surface area contributed by atoms with E-state index >= 15 is 0 Å². The highest BCUT2D eigenvalue weighted by Crippen LogP contribution is 2.42. The van der Waals surface area contributed by atoms with Crippen LogP contribution >= 0.6 is 7.60 Å². The van der Waals surface area contributed by atoms with Crippen LogP contribution in [-0.4, -0.2) is 45.4 Å². The Labute approximate surface area is 167 Å². The molecule has 0 aliphatic carbocycles. The summed E-state index contributed by atoms with van der Waals surface area (Å²) in [5.41, 5.74) is -0.628. The number of fused-ring (bicyclic) bond motifs is 1. The van der Waals surface area contributed by atoms with E-state index in [1.807, 2.05) is 0 Å². The fourth-order valence-corrected chi connectivity index (χ4v) is 4.01. The van der Waals surface area contributed by atoms with Crippen molar-refractivity contribution in [1.82, 2.24) is 5.32 Å². The average molecular weight is 425 g/mol. The maximum Gasteiger partial charge on any atom is 0.328 e. The summed E-state index contributed by atoms with van der Waals surface area (Å²) < 4.78 is 16.3. The number of carbonyl (C=O) groups excluding carboxylic acids is 1. The number of phenolic OH excluding ortho intramolecular Hbond substituents is 2. The van der Waals surface area contributed by atoms with Crippen molar-refractivity contribution in [2.45, 2.75) is 26.7 Å². The van der Waals surface area contributed by atoms with Crippen LogP contribution in [0.1, 0.15) is 35.7 Å². The molecule has 0 aliphatic heterocycles. The summed E-state index contributed by atoms with van der Waals surface area (Å²) in [4.78, 5) is 34.2. The molecule has 9 nitrogen and oxygen atoms in total. The van der Waals surface area contributed by atoms with Crippen LogP contribution in [0.5, 0.6) is 17.2 Å². The number of benzene rings is 1. The average Bonchev–Trinajstić information content (AvgIpc) is 2.76. The van der Waals surface area contributed by atoms with Crippen molar-refractivity contribution < 1.29 is 34.1 Å². The summed E-state index contributed by atoms with van der Waals surface area (Å²) in [6.45, 7) is 3.49. The molecule has 5 N–H and O–H groups in total. The van der Waals surface area contributed by atoms with E-state index in [1.54, 1.807) is 6.92 Å². The second-order valence-electron chi connectivity index (χ2n) is 6.56. The topological polar surface area (TPSA) is 153 Å². The number of phenols is 2. The van der Waals surface area contributed by atoms with Gasteiger partial charge in [0.25, 0.3) is 5.91 Å². The molecule has 0 spiro atoms. The summed E-state index contributed by atoms with van der Waals surface area (Å²) in [5, 5.41) is 32.4. The lowest BCUT2D eigenvalue weighted by Gasteiger charge is -2.10. The second kappa shape index (κ2) is 9.26. The lowest BCUT2D eigenvalue weighted by molar-refractivity contribution is 0.0953. The first-order valence-corrected chi connectivity index (χ1v) is 10.8. The van der Waals surface area contributed by atoms with Gasteiger partial charge < -0.3 is 30.1 Å². The Balaban J connectivity index is 2.18. The SMILES string of the molecule is CCOP(=O)(O)CCCCNC(=O)c1cc(O)c(=O)c2c(O)c(O)c(C)cc2c1. The molecule has 1 amide bonds. The molecule has 2 aromatic rings. The van der Waals surface area contributed by atoms with Crippen LogP contribution in [0.2, 0.25) is 0 Å². The Kier molecular flexibility index (Phi) is 7.24. The standard InChI is InChI=1S/C19H24NO8P/c1-3-28-29(26,27)7-5-4-6-20-19(25)13-9-12-8-11(2)16(22)18(24)15(12)17(23)14(21)10-13/h8-10,22,24H,3-7H2,1-2H3,(H,20,25)(H,21,23)(H,26,27). The third-order valence-corrected chi connectivity index (χ3v) is 5.85. The van der Waals surface area contributed by atoms with Gasteiger partial charge in [-0.2, -0.15) is 0 Å². The van der Waals surface area contributed by atoms with E-state index in [2.05, 4.69) is 5.32 Å². The first-order chi connectivity index (χ1) is 13.6. The predicted molar refractivity (Wildman–Crippen MR) is 108 cm³/mol. The zero-order valence-corrected chi connectivity index (χ0v) is 17.0. The molecule has 10 heteroatoms. The normalized spacial score (nSPS) is 13.2. The second-order valence-corrected chi connectivity index (χ2v) is 8.54. The number of carbonyl (C=O) groups is 1. The Hall–Kier alpha value is -2.61. The molecular formula is C19H24NO8P. The largest absolute Gasteiger partial charge is 0.504 e. The van der Waals surface area contributed by atoms with Crippen molar-refractivity contribution in [3.05, 3.63) is 39.5 Å². The lowest BCUT2D eigenvalue weighted by atomic mass is 10.1. The van der Waals surface area contributed by atoms with Gasteiger partial charge in [0, 0.05) is 12.1 Å². The Morgan fingerprint density at radius 3 is 2.48 bits per heavy atom. The molecule has 158 valence electrons. The molecule has 0 aromatic heterocycles. The molecule has 1 atom stereocenters. The highest BCUT2D eigenvalue weighted by Gasteiger charge is 2.18. The monoisotopic (exact) mass is 425 g/mol. The molecule has 1 unspecified atom stereocenters. The van der Waals surface area contributed by atoms with Gasteiger partial charge in [0.1, 0.15) is 0 Å². The predicted octanol–water partition coefficient (Wildman–Crippen LogP) is 2.36. The zero-order chi connectivity index (χ0) is 21.8. The lowest BCUT2D eigenvalue weighted by Crippen LogP contribution is -2.24. The number of rotatable bonds is 8. The summed E-state index contributed by atoms with van der Waals surface area (Å²) >= 11 is 0. The van der Waals surface area contributed by atoms with Crippen LogP contribution in [-0.2, 0) is 9.09 Å². The van der Waals surface area contributed by atoms with Crippen molar-refractivity contribution in [2.75, 3.05) is 19.3 Å². The maximum absolute atomic E-state index is 12.4. The van der Waals surface area contributed by atoms with Crippen LogP contribution < -0.4 is 10.7 Å². The highest BCUT2D eigenvalue weighted by molar-refractivity contribution is 7.52. The van der Waals surface area contributed by atoms with Gasteiger partial charge in [0.15, 0.2) is 17.2 Å². The first kappa shape index (κ1) is 22.7. The number of unbranched alkanes of at least 4 members (excludes halogenated alkanes) is 1. The van der Waals surface area contributed by atoms with E-state index in [1.165, 1.54) is 19.1 Å². The van der Waals surface area contributed by atoms with E-state index in [0.717, 1.165) is 6.07 Å². The van der Waals surface area contributed by atoms with E-state index in [0.29, 0.717) is 18.4 Å². The first-order valence-electron chi connectivity index (χ1n) is 9.04. The summed E-state index contributed by atoms with van der Waals surface area (Å²) in [6, 6.07) is 3.74. The third-order valence-electron chi connectivity index (χ3n) is 4.30. The summed E-state index contributed by atoms with van der Waals surface area (Å²) in [7, 11) is -3.60.